The zero-order chi connectivity index (χ0) is 27.4. The number of likely N-dealkylation sites (tertiary alicyclic amines) is 1. The molecule has 0 unspecified atom stereocenters. The molecule has 14 heteroatoms. The van der Waals surface area contributed by atoms with Crippen LogP contribution in [0.2, 0.25) is 10.0 Å². The van der Waals surface area contributed by atoms with Crippen LogP contribution in [0.1, 0.15) is 39.6 Å². The highest BCUT2D eigenvalue weighted by atomic mass is 35.5. The molecule has 4 rings (SSSR count). The molecule has 0 bridgehead atoms. The van der Waals surface area contributed by atoms with Gasteiger partial charge in [0.05, 0.1) is 28.4 Å². The second-order valence-corrected chi connectivity index (χ2v) is 10.5. The number of ether oxygens (including phenoxy) is 2. The van der Waals surface area contributed by atoms with Gasteiger partial charge in [-0.3, -0.25) is 0 Å². The summed E-state index contributed by atoms with van der Waals surface area (Å²) in [6.07, 6.45) is 4.18. The van der Waals surface area contributed by atoms with Gasteiger partial charge in [0.2, 0.25) is 0 Å². The Morgan fingerprint density at radius 3 is 2.53 bits per heavy atom. The molecule has 12 nitrogen and oxygen atoms in total. The van der Waals surface area contributed by atoms with Crippen molar-refractivity contribution in [1.29, 1.82) is 0 Å². The lowest BCUT2D eigenvalue weighted by Crippen LogP contribution is -2.53. The van der Waals surface area contributed by atoms with Gasteiger partial charge < -0.3 is 25.0 Å². The van der Waals surface area contributed by atoms with Crippen LogP contribution in [0.5, 0.6) is 5.75 Å². The molecule has 1 fully saturated rings. The number of aromatic nitrogens is 5. The quantitative estimate of drug-likeness (QED) is 0.429. The third-order valence-corrected chi connectivity index (χ3v) is 6.01. The molecule has 1 aliphatic heterocycles. The molecule has 38 heavy (non-hydrogen) atoms. The Morgan fingerprint density at radius 2 is 1.84 bits per heavy atom. The molecular formula is C24H28Cl2N8O4. The number of anilines is 1. The minimum absolute atomic E-state index is 0.126. The van der Waals surface area contributed by atoms with Crippen LogP contribution in [0, 0.1) is 5.92 Å². The molecule has 0 saturated carbocycles. The first-order valence-electron chi connectivity index (χ1n) is 11.8. The molecule has 1 aliphatic rings. The summed E-state index contributed by atoms with van der Waals surface area (Å²) in [5.41, 5.74) is -0.232. The van der Waals surface area contributed by atoms with Gasteiger partial charge >= 0.3 is 12.1 Å². The average molecular weight is 563 g/mol. The highest BCUT2D eigenvalue weighted by Gasteiger charge is 2.34. The summed E-state index contributed by atoms with van der Waals surface area (Å²) in [6, 6.07) is 3.68. The normalized spacial score (nSPS) is 14.4. The van der Waals surface area contributed by atoms with Crippen molar-refractivity contribution in [3.8, 4) is 11.7 Å². The van der Waals surface area contributed by atoms with E-state index in [-0.39, 0.29) is 17.0 Å². The number of rotatable bonds is 7. The van der Waals surface area contributed by atoms with Crippen LogP contribution < -0.4 is 15.4 Å². The summed E-state index contributed by atoms with van der Waals surface area (Å²) in [5.74, 6) is 1.26. The van der Waals surface area contributed by atoms with Crippen LogP contribution in [0.4, 0.5) is 15.3 Å². The van der Waals surface area contributed by atoms with E-state index in [0.29, 0.717) is 47.9 Å². The summed E-state index contributed by atoms with van der Waals surface area (Å²) in [7, 11) is 0. The van der Waals surface area contributed by atoms with Gasteiger partial charge in [-0.05, 0) is 39.8 Å². The van der Waals surface area contributed by atoms with Gasteiger partial charge in [0.25, 0.3) is 5.95 Å². The summed E-state index contributed by atoms with van der Waals surface area (Å²) in [5, 5.41) is 10.2. The third kappa shape index (κ3) is 6.81. The maximum Gasteiger partial charge on any atom is 0.410 e. The lowest BCUT2D eigenvalue weighted by Gasteiger charge is -2.39. The Hall–Kier alpha value is -3.64. The van der Waals surface area contributed by atoms with Crippen molar-refractivity contribution in [3.63, 3.8) is 0 Å². The Kier molecular flexibility index (Phi) is 8.22. The topological polar surface area (TPSA) is 136 Å². The van der Waals surface area contributed by atoms with E-state index >= 15 is 0 Å². The number of hydrogen-bond donors (Lipinski definition) is 2. The number of amides is 3. The molecule has 3 heterocycles. The van der Waals surface area contributed by atoms with Crippen molar-refractivity contribution in [3.05, 3.63) is 52.8 Å². The van der Waals surface area contributed by atoms with Gasteiger partial charge in [-0.15, -0.1) is 0 Å². The van der Waals surface area contributed by atoms with Gasteiger partial charge in [-0.1, -0.05) is 23.2 Å². The van der Waals surface area contributed by atoms with Crippen LogP contribution in [0.25, 0.3) is 5.95 Å². The Balaban J connectivity index is 1.33. The lowest BCUT2D eigenvalue weighted by atomic mass is 10.0. The van der Waals surface area contributed by atoms with E-state index in [0.717, 1.165) is 0 Å². The Bertz CT molecular complexity index is 1290. The molecule has 1 atom stereocenters. The fraction of sp³-hybridized carbons (Fsp3) is 0.417. The van der Waals surface area contributed by atoms with Gasteiger partial charge in [0, 0.05) is 37.5 Å². The summed E-state index contributed by atoms with van der Waals surface area (Å²) in [4.78, 5) is 39.0. The van der Waals surface area contributed by atoms with E-state index in [1.807, 2.05) is 20.8 Å². The van der Waals surface area contributed by atoms with Gasteiger partial charge in [0.1, 0.15) is 17.7 Å². The molecule has 2 N–H and O–H groups in total. The van der Waals surface area contributed by atoms with Crippen molar-refractivity contribution in [2.45, 2.75) is 39.3 Å². The maximum atomic E-state index is 12.7. The second-order valence-electron chi connectivity index (χ2n) is 9.72. The van der Waals surface area contributed by atoms with Gasteiger partial charge in [-0.2, -0.15) is 9.78 Å². The SMILES string of the molecule is C[C@H](NC(=O)Nc1cc(OCC2CN(C(=O)OC(C)(C)C)C2)c(Cl)cc1Cl)c1ncnn1-c1ncccn1. The van der Waals surface area contributed by atoms with Crippen LogP contribution in [0.15, 0.2) is 36.9 Å². The molecule has 3 amide bonds. The summed E-state index contributed by atoms with van der Waals surface area (Å²) >= 11 is 12.6. The first-order valence-corrected chi connectivity index (χ1v) is 12.6. The highest BCUT2D eigenvalue weighted by molar-refractivity contribution is 6.37. The van der Waals surface area contributed by atoms with Gasteiger partial charge in [0.15, 0.2) is 5.82 Å². The fourth-order valence-corrected chi connectivity index (χ4v) is 4.10. The number of urea groups is 1. The predicted molar refractivity (Wildman–Crippen MR) is 141 cm³/mol. The first kappa shape index (κ1) is 27.4. The largest absolute Gasteiger partial charge is 0.492 e. The number of nitrogens with one attached hydrogen (secondary N) is 2. The van der Waals surface area contributed by atoms with Crippen molar-refractivity contribution in [2.24, 2.45) is 5.92 Å². The molecule has 2 aromatic heterocycles. The summed E-state index contributed by atoms with van der Waals surface area (Å²) in [6.45, 7) is 8.60. The van der Waals surface area contributed by atoms with E-state index in [1.165, 1.54) is 17.1 Å². The van der Waals surface area contributed by atoms with Crippen LogP contribution >= 0.6 is 23.2 Å². The van der Waals surface area contributed by atoms with Crippen LogP contribution in [0.3, 0.4) is 0 Å². The molecule has 1 saturated heterocycles. The number of benzene rings is 1. The van der Waals surface area contributed by atoms with E-state index in [2.05, 4.69) is 30.7 Å². The molecule has 202 valence electrons. The number of hydrogen-bond acceptors (Lipinski definition) is 8. The zero-order valence-electron chi connectivity index (χ0n) is 21.3. The molecule has 3 aromatic rings. The van der Waals surface area contributed by atoms with Crippen LogP contribution in [-0.4, -0.2) is 67.1 Å². The number of halogens is 2. The fourth-order valence-electron chi connectivity index (χ4n) is 3.61. The monoisotopic (exact) mass is 562 g/mol. The Morgan fingerprint density at radius 1 is 1.13 bits per heavy atom. The molecule has 0 radical (unpaired) electrons. The molecule has 1 aromatic carbocycles. The zero-order valence-corrected chi connectivity index (χ0v) is 22.8. The predicted octanol–water partition coefficient (Wildman–Crippen LogP) is 4.49. The minimum atomic E-state index is -0.545. The smallest absolute Gasteiger partial charge is 0.410 e. The van der Waals surface area contributed by atoms with Gasteiger partial charge in [-0.25, -0.2) is 24.5 Å². The molecule has 0 spiro atoms. The number of carbonyl (C=O) groups is 2. The number of carbonyl (C=O) groups excluding carboxylic acids is 2. The van der Waals surface area contributed by atoms with Crippen molar-refractivity contribution >= 4 is 41.0 Å². The molecular weight excluding hydrogens is 535 g/mol. The van der Waals surface area contributed by atoms with Crippen molar-refractivity contribution < 1.29 is 19.1 Å². The highest BCUT2D eigenvalue weighted by Crippen LogP contribution is 2.35. The van der Waals surface area contributed by atoms with E-state index in [9.17, 15) is 9.59 Å². The van der Waals surface area contributed by atoms with E-state index < -0.39 is 17.7 Å². The second kappa shape index (κ2) is 11.4. The standard InChI is InChI=1S/C24H28Cl2N8O4/c1-14(20-29-13-30-34(20)21-27-6-5-7-28-21)31-22(35)32-18-9-19(17(26)8-16(18)25)37-12-15-10-33(11-15)23(36)38-24(2,3)4/h5-9,13-15H,10-12H2,1-4H3,(H2,31,32,35)/t14-/m0/s1. The van der Waals surface area contributed by atoms with E-state index in [4.69, 9.17) is 32.7 Å². The van der Waals surface area contributed by atoms with Crippen molar-refractivity contribution in [1.82, 2.24) is 34.9 Å². The summed E-state index contributed by atoms with van der Waals surface area (Å²) < 4.78 is 12.7. The Labute approximate surface area is 229 Å². The van der Waals surface area contributed by atoms with Crippen molar-refractivity contribution in [2.75, 3.05) is 25.0 Å². The average Bonchev–Trinajstić information content (AvgIpc) is 3.30. The molecule has 0 aliphatic carbocycles. The van der Waals surface area contributed by atoms with Crippen LogP contribution in [-0.2, 0) is 4.74 Å². The third-order valence-electron chi connectivity index (χ3n) is 5.40. The lowest BCUT2D eigenvalue weighted by molar-refractivity contribution is -0.00780. The minimum Gasteiger partial charge on any atom is -0.492 e. The maximum absolute atomic E-state index is 12.7. The number of nitrogens with zero attached hydrogens (tertiary/aromatic N) is 6. The van der Waals surface area contributed by atoms with E-state index in [1.54, 1.807) is 36.4 Å². The first-order chi connectivity index (χ1) is 18.0.